The van der Waals surface area contributed by atoms with Gasteiger partial charge in [-0.15, -0.1) is 11.3 Å². The van der Waals surface area contributed by atoms with Crippen molar-refractivity contribution in [3.8, 4) is 0 Å². The topological polar surface area (TPSA) is 56.7 Å². The van der Waals surface area contributed by atoms with Crippen LogP contribution in [0.1, 0.15) is 24.8 Å². The van der Waals surface area contributed by atoms with Gasteiger partial charge in [-0.05, 0) is 13.8 Å². The third kappa shape index (κ3) is 2.88. The number of aromatic nitrogens is 1. The van der Waals surface area contributed by atoms with Gasteiger partial charge in [0.05, 0.1) is 5.51 Å². The second-order valence-corrected chi connectivity index (χ2v) is 5.58. The number of carboxylic acid groups (broad SMARTS) is 1. The van der Waals surface area contributed by atoms with Gasteiger partial charge in [-0.1, -0.05) is 0 Å². The van der Waals surface area contributed by atoms with E-state index in [9.17, 15) is 4.79 Å². The zero-order valence-electron chi connectivity index (χ0n) is 10.7. The predicted molar refractivity (Wildman–Crippen MR) is 70.8 cm³/mol. The second kappa shape index (κ2) is 5.77. The first-order chi connectivity index (χ1) is 8.59. The molecule has 0 radical (unpaired) electrons. The molecule has 1 aliphatic rings. The number of hydrogen-bond donors (Lipinski definition) is 1. The maximum atomic E-state index is 10.9. The van der Waals surface area contributed by atoms with Crippen molar-refractivity contribution in [2.45, 2.75) is 25.9 Å². The zero-order chi connectivity index (χ0) is 13.1. The van der Waals surface area contributed by atoms with E-state index in [2.05, 4.69) is 16.8 Å². The van der Waals surface area contributed by atoms with Crippen molar-refractivity contribution < 1.29 is 9.90 Å². The van der Waals surface area contributed by atoms with E-state index in [0.29, 0.717) is 6.04 Å². The van der Waals surface area contributed by atoms with E-state index >= 15 is 0 Å². The predicted octanol–water partition coefficient (Wildman–Crippen LogP) is 1.29. The van der Waals surface area contributed by atoms with Crippen molar-refractivity contribution in [3.05, 3.63) is 16.6 Å². The monoisotopic (exact) mass is 269 g/mol. The van der Waals surface area contributed by atoms with Gasteiger partial charge in [-0.25, -0.2) is 0 Å². The molecule has 0 spiro atoms. The van der Waals surface area contributed by atoms with Crippen molar-refractivity contribution in [3.63, 3.8) is 0 Å². The highest BCUT2D eigenvalue weighted by molar-refractivity contribution is 7.09. The highest BCUT2D eigenvalue weighted by Gasteiger charge is 2.27. The number of carboxylic acids is 1. The van der Waals surface area contributed by atoms with Crippen molar-refractivity contribution in [1.82, 2.24) is 14.8 Å². The molecule has 100 valence electrons. The SMILES string of the molecule is CC(C(=O)O)N1CCN(C(C)c2cncs2)CC1. The number of thiazole rings is 1. The lowest BCUT2D eigenvalue weighted by Crippen LogP contribution is -2.52. The standard InChI is InChI=1S/C12H19N3O2S/c1-9(11-7-13-8-18-11)14-3-5-15(6-4-14)10(2)12(16)17/h7-10H,3-6H2,1-2H3,(H,16,17). The summed E-state index contributed by atoms with van der Waals surface area (Å²) in [6.45, 7) is 7.40. The fraction of sp³-hybridized carbons (Fsp3) is 0.667. The molecule has 1 aromatic rings. The Morgan fingerprint density at radius 2 is 1.94 bits per heavy atom. The molecule has 1 aliphatic heterocycles. The summed E-state index contributed by atoms with van der Waals surface area (Å²) in [7, 11) is 0. The molecular weight excluding hydrogens is 250 g/mol. The van der Waals surface area contributed by atoms with Crippen LogP contribution in [0, 0.1) is 0 Å². The Balaban J connectivity index is 1.89. The van der Waals surface area contributed by atoms with E-state index in [1.54, 1.807) is 18.3 Å². The van der Waals surface area contributed by atoms with Crippen molar-refractivity contribution in [2.75, 3.05) is 26.2 Å². The summed E-state index contributed by atoms with van der Waals surface area (Å²) in [6, 6.07) is -0.00866. The molecule has 18 heavy (non-hydrogen) atoms. The molecule has 0 bridgehead atoms. The van der Waals surface area contributed by atoms with Crippen LogP contribution in [-0.4, -0.2) is 58.1 Å². The van der Waals surface area contributed by atoms with Gasteiger partial charge in [-0.2, -0.15) is 0 Å². The van der Waals surface area contributed by atoms with Crippen molar-refractivity contribution >= 4 is 17.3 Å². The van der Waals surface area contributed by atoms with Gasteiger partial charge < -0.3 is 5.11 Å². The van der Waals surface area contributed by atoms with Crippen molar-refractivity contribution in [1.29, 1.82) is 0 Å². The molecule has 1 saturated heterocycles. The van der Waals surface area contributed by atoms with Gasteiger partial charge in [0.1, 0.15) is 6.04 Å². The zero-order valence-corrected chi connectivity index (χ0v) is 11.6. The lowest BCUT2D eigenvalue weighted by atomic mass is 10.2. The van der Waals surface area contributed by atoms with Crippen LogP contribution < -0.4 is 0 Å². The molecule has 2 heterocycles. The van der Waals surface area contributed by atoms with Gasteiger partial charge >= 0.3 is 5.97 Å². The number of rotatable bonds is 4. The maximum Gasteiger partial charge on any atom is 0.320 e. The van der Waals surface area contributed by atoms with Crippen LogP contribution in [0.4, 0.5) is 0 Å². The fourth-order valence-electron chi connectivity index (χ4n) is 2.28. The minimum Gasteiger partial charge on any atom is -0.480 e. The van der Waals surface area contributed by atoms with Crippen LogP contribution in [0.2, 0.25) is 0 Å². The van der Waals surface area contributed by atoms with E-state index in [1.165, 1.54) is 4.88 Å². The highest BCUT2D eigenvalue weighted by Crippen LogP contribution is 2.24. The molecule has 2 rings (SSSR count). The molecule has 1 aromatic heterocycles. The second-order valence-electron chi connectivity index (χ2n) is 4.67. The first kappa shape index (κ1) is 13.5. The first-order valence-electron chi connectivity index (χ1n) is 6.19. The summed E-state index contributed by atoms with van der Waals surface area (Å²) in [4.78, 5) is 20.7. The van der Waals surface area contributed by atoms with Crippen LogP contribution in [0.3, 0.4) is 0 Å². The minimum absolute atomic E-state index is 0.375. The number of carbonyl (C=O) groups is 1. The molecule has 0 amide bonds. The summed E-state index contributed by atoms with van der Waals surface area (Å²) >= 11 is 1.68. The molecule has 1 fully saturated rings. The average Bonchev–Trinajstić information content (AvgIpc) is 2.91. The van der Waals surface area contributed by atoms with Gasteiger partial charge in [0, 0.05) is 43.3 Å². The normalized spacial score (nSPS) is 21.7. The molecule has 2 atom stereocenters. The first-order valence-corrected chi connectivity index (χ1v) is 7.07. The summed E-state index contributed by atoms with van der Waals surface area (Å²) in [6.07, 6.45) is 1.92. The Kier molecular flexibility index (Phi) is 4.31. The summed E-state index contributed by atoms with van der Waals surface area (Å²) < 4.78 is 0. The van der Waals surface area contributed by atoms with E-state index in [1.807, 2.05) is 16.6 Å². The Bertz CT molecular complexity index is 388. The Labute approximate surface area is 111 Å². The molecule has 0 aromatic carbocycles. The van der Waals surface area contributed by atoms with Gasteiger partial charge in [0.15, 0.2) is 0 Å². The Morgan fingerprint density at radius 3 is 2.44 bits per heavy atom. The highest BCUT2D eigenvalue weighted by atomic mass is 32.1. The molecule has 5 nitrogen and oxygen atoms in total. The van der Waals surface area contributed by atoms with E-state index in [-0.39, 0.29) is 6.04 Å². The average molecular weight is 269 g/mol. The minimum atomic E-state index is -0.737. The third-order valence-corrected chi connectivity index (χ3v) is 4.61. The van der Waals surface area contributed by atoms with Crippen LogP contribution >= 0.6 is 11.3 Å². The van der Waals surface area contributed by atoms with Gasteiger partial charge in [-0.3, -0.25) is 19.6 Å². The number of hydrogen-bond acceptors (Lipinski definition) is 5. The number of piperazine rings is 1. The maximum absolute atomic E-state index is 10.9. The molecular formula is C12H19N3O2S. The lowest BCUT2D eigenvalue weighted by Gasteiger charge is -2.39. The van der Waals surface area contributed by atoms with Crippen LogP contribution in [0.25, 0.3) is 0 Å². The molecule has 0 saturated carbocycles. The number of nitrogens with zero attached hydrogens (tertiary/aromatic N) is 3. The number of aliphatic carboxylic acids is 1. The van der Waals surface area contributed by atoms with E-state index in [4.69, 9.17) is 5.11 Å². The quantitative estimate of drug-likeness (QED) is 0.892. The lowest BCUT2D eigenvalue weighted by molar-refractivity contribution is -0.143. The molecule has 1 N–H and O–H groups in total. The molecule has 0 aliphatic carbocycles. The van der Waals surface area contributed by atoms with Crippen LogP contribution in [0.5, 0.6) is 0 Å². The smallest absolute Gasteiger partial charge is 0.320 e. The van der Waals surface area contributed by atoms with E-state index < -0.39 is 5.97 Å². The Hall–Kier alpha value is -0.980. The summed E-state index contributed by atoms with van der Waals surface area (Å²) in [5.74, 6) is -0.737. The fourth-order valence-corrected chi connectivity index (χ4v) is 2.99. The van der Waals surface area contributed by atoms with Crippen molar-refractivity contribution in [2.24, 2.45) is 0 Å². The van der Waals surface area contributed by atoms with E-state index in [0.717, 1.165) is 26.2 Å². The summed E-state index contributed by atoms with van der Waals surface area (Å²) in [5.41, 5.74) is 1.86. The summed E-state index contributed by atoms with van der Waals surface area (Å²) in [5, 5.41) is 9.00. The van der Waals surface area contributed by atoms with Gasteiger partial charge in [0.2, 0.25) is 0 Å². The van der Waals surface area contributed by atoms with Crippen LogP contribution in [0.15, 0.2) is 11.7 Å². The van der Waals surface area contributed by atoms with Crippen LogP contribution in [-0.2, 0) is 4.79 Å². The largest absolute Gasteiger partial charge is 0.480 e. The third-order valence-electron chi connectivity index (χ3n) is 3.66. The molecule has 6 heteroatoms. The molecule has 2 unspecified atom stereocenters. The Morgan fingerprint density at radius 1 is 1.33 bits per heavy atom. The van der Waals surface area contributed by atoms with Gasteiger partial charge in [0.25, 0.3) is 0 Å².